The van der Waals surface area contributed by atoms with E-state index in [4.69, 9.17) is 0 Å². The minimum absolute atomic E-state index is 0.0116. The van der Waals surface area contributed by atoms with Gasteiger partial charge >= 0.3 is 0 Å². The van der Waals surface area contributed by atoms with Gasteiger partial charge in [0.25, 0.3) is 17.4 Å². The van der Waals surface area contributed by atoms with Crippen LogP contribution < -0.4 is 10.9 Å². The molecule has 134 valence electrons. The highest BCUT2D eigenvalue weighted by Crippen LogP contribution is 2.25. The Bertz CT molecular complexity index is 901. The molecule has 2 amide bonds. The molecule has 7 heteroatoms. The molecule has 2 heterocycles. The van der Waals surface area contributed by atoms with Crippen LogP contribution in [0, 0.1) is 0 Å². The molecule has 7 nitrogen and oxygen atoms in total. The Balaban J connectivity index is 1.37. The molecule has 0 spiro atoms. The van der Waals surface area contributed by atoms with E-state index in [0.717, 1.165) is 31.2 Å². The van der Waals surface area contributed by atoms with Gasteiger partial charge < -0.3 is 10.2 Å². The average molecular weight is 352 g/mol. The van der Waals surface area contributed by atoms with Crippen molar-refractivity contribution in [2.75, 3.05) is 13.1 Å². The molecule has 26 heavy (non-hydrogen) atoms. The van der Waals surface area contributed by atoms with Crippen LogP contribution in [0.25, 0.3) is 0 Å². The number of aromatic nitrogens is 2. The average Bonchev–Trinajstić information content (AvgIpc) is 3.09. The van der Waals surface area contributed by atoms with Gasteiger partial charge in [0.2, 0.25) is 0 Å². The minimum atomic E-state index is -0.363. The van der Waals surface area contributed by atoms with E-state index < -0.39 is 0 Å². The summed E-state index contributed by atoms with van der Waals surface area (Å²) in [6.07, 6.45) is 4.16. The first kappa shape index (κ1) is 16.5. The Morgan fingerprint density at radius 1 is 1.19 bits per heavy atom. The lowest BCUT2D eigenvalue weighted by Gasteiger charge is -2.41. The summed E-state index contributed by atoms with van der Waals surface area (Å²) in [4.78, 5) is 37.6. The van der Waals surface area contributed by atoms with Crippen LogP contribution in [-0.2, 0) is 12.8 Å². The molecule has 1 aliphatic heterocycles. The first-order valence-corrected chi connectivity index (χ1v) is 8.88. The Morgan fingerprint density at radius 2 is 2.04 bits per heavy atom. The summed E-state index contributed by atoms with van der Waals surface area (Å²) in [5.41, 5.74) is 3.16. The highest BCUT2D eigenvalue weighted by Gasteiger charge is 2.33. The summed E-state index contributed by atoms with van der Waals surface area (Å²) in [6, 6.07) is 8.61. The van der Waals surface area contributed by atoms with E-state index in [9.17, 15) is 14.4 Å². The van der Waals surface area contributed by atoms with E-state index in [1.807, 2.05) is 12.1 Å². The molecule has 0 saturated carbocycles. The third kappa shape index (κ3) is 3.12. The Kier molecular flexibility index (Phi) is 4.28. The topological polar surface area (TPSA) is 95.2 Å². The van der Waals surface area contributed by atoms with Crippen molar-refractivity contribution >= 4 is 11.8 Å². The number of H-pyrrole nitrogens is 1. The summed E-state index contributed by atoms with van der Waals surface area (Å²) >= 11 is 0. The minimum Gasteiger partial charge on any atom is -0.349 e. The fraction of sp³-hybridized carbons (Fsp3) is 0.368. The molecule has 1 atom stereocenters. The molecule has 2 N–H and O–H groups in total. The largest absolute Gasteiger partial charge is 0.349 e. The number of hydrogen-bond acceptors (Lipinski definition) is 4. The van der Waals surface area contributed by atoms with Crippen molar-refractivity contribution in [2.24, 2.45) is 0 Å². The number of hydrogen-bond donors (Lipinski definition) is 2. The van der Waals surface area contributed by atoms with E-state index in [2.05, 4.69) is 21.6 Å². The maximum absolute atomic E-state index is 12.8. The lowest BCUT2D eigenvalue weighted by Crippen LogP contribution is -2.56. The number of carbonyl (C=O) groups is 2. The highest BCUT2D eigenvalue weighted by atomic mass is 16.2. The van der Waals surface area contributed by atoms with Crippen LogP contribution in [0.3, 0.4) is 0 Å². The van der Waals surface area contributed by atoms with E-state index in [1.54, 1.807) is 4.90 Å². The van der Waals surface area contributed by atoms with Gasteiger partial charge in [-0.15, -0.1) is 0 Å². The molecule has 1 unspecified atom stereocenters. The molecule has 1 aliphatic carbocycles. The lowest BCUT2D eigenvalue weighted by atomic mass is 9.99. The van der Waals surface area contributed by atoms with Gasteiger partial charge in [-0.05, 0) is 55.0 Å². The van der Waals surface area contributed by atoms with Crippen molar-refractivity contribution in [2.45, 2.75) is 31.7 Å². The second-order valence-corrected chi connectivity index (χ2v) is 6.79. The predicted octanol–water partition coefficient (Wildman–Crippen LogP) is 0.903. The van der Waals surface area contributed by atoms with E-state index >= 15 is 0 Å². The second kappa shape index (κ2) is 6.74. The molecule has 2 aliphatic rings. The Morgan fingerprint density at radius 3 is 2.77 bits per heavy atom. The smallest absolute Gasteiger partial charge is 0.271 e. The van der Waals surface area contributed by atoms with Crippen LogP contribution in [0.2, 0.25) is 0 Å². The number of carbonyl (C=O) groups excluding carboxylic acids is 2. The van der Waals surface area contributed by atoms with Crippen LogP contribution in [0.1, 0.15) is 44.8 Å². The van der Waals surface area contributed by atoms with Gasteiger partial charge in [0.15, 0.2) is 0 Å². The van der Waals surface area contributed by atoms with Gasteiger partial charge in [0.05, 0.1) is 6.04 Å². The first-order chi connectivity index (χ1) is 12.6. The summed E-state index contributed by atoms with van der Waals surface area (Å²) in [5, 5.41) is 8.72. The van der Waals surface area contributed by atoms with Crippen LogP contribution in [0.4, 0.5) is 0 Å². The van der Waals surface area contributed by atoms with Crippen molar-refractivity contribution < 1.29 is 9.59 Å². The number of aryl methyl sites for hydroxylation is 2. The quantitative estimate of drug-likeness (QED) is 0.855. The monoisotopic (exact) mass is 352 g/mol. The molecular formula is C19H20N4O3. The van der Waals surface area contributed by atoms with Crippen molar-refractivity contribution in [3.63, 3.8) is 0 Å². The maximum atomic E-state index is 12.8. The number of benzene rings is 1. The lowest BCUT2D eigenvalue weighted by molar-refractivity contribution is 0.0455. The Labute approximate surface area is 150 Å². The van der Waals surface area contributed by atoms with Crippen molar-refractivity contribution in [1.29, 1.82) is 0 Å². The number of likely N-dealkylation sites (tertiary alicyclic amines) is 1. The normalized spacial score (nSPS) is 18.2. The number of aromatic amines is 1. The fourth-order valence-electron chi connectivity index (χ4n) is 3.56. The molecule has 1 aromatic heterocycles. The van der Waals surface area contributed by atoms with Crippen LogP contribution >= 0.6 is 0 Å². The fourth-order valence-corrected chi connectivity index (χ4v) is 3.56. The van der Waals surface area contributed by atoms with E-state index in [1.165, 1.54) is 23.3 Å². The summed E-state index contributed by atoms with van der Waals surface area (Å²) in [7, 11) is 0. The zero-order valence-corrected chi connectivity index (χ0v) is 14.3. The van der Waals surface area contributed by atoms with Gasteiger partial charge in [-0.25, -0.2) is 5.10 Å². The standard InChI is InChI=1S/C19H20N4O3/c24-17-7-6-16(21-22-17)18(25)20-11-15-8-9-23(15)19(26)14-5-4-12-2-1-3-13(12)10-14/h4-7,10,15H,1-3,8-9,11H2,(H,20,25)(H,22,24). The highest BCUT2D eigenvalue weighted by molar-refractivity contribution is 5.95. The molecule has 1 aromatic carbocycles. The van der Waals surface area contributed by atoms with Gasteiger partial charge in [-0.1, -0.05) is 6.07 Å². The Hall–Kier alpha value is -2.96. The SMILES string of the molecule is O=C(NCC1CCN1C(=O)c1ccc2c(c1)CCC2)c1ccc(=O)[nH]n1. The zero-order valence-electron chi connectivity index (χ0n) is 14.3. The van der Waals surface area contributed by atoms with Gasteiger partial charge in [-0.3, -0.25) is 14.4 Å². The predicted molar refractivity (Wildman–Crippen MR) is 95.1 cm³/mol. The van der Waals surface area contributed by atoms with E-state index in [0.29, 0.717) is 13.1 Å². The third-order valence-electron chi connectivity index (χ3n) is 5.16. The number of amides is 2. The van der Waals surface area contributed by atoms with Gasteiger partial charge in [-0.2, -0.15) is 5.10 Å². The molecule has 1 fully saturated rings. The number of fused-ring (bicyclic) bond motifs is 1. The molecular weight excluding hydrogens is 332 g/mol. The molecule has 4 rings (SSSR count). The number of nitrogens with one attached hydrogen (secondary N) is 2. The van der Waals surface area contributed by atoms with Gasteiger partial charge in [0, 0.05) is 24.7 Å². The van der Waals surface area contributed by atoms with Crippen LogP contribution in [0.5, 0.6) is 0 Å². The van der Waals surface area contributed by atoms with Crippen molar-refractivity contribution in [3.05, 3.63) is 63.1 Å². The van der Waals surface area contributed by atoms with Gasteiger partial charge in [0.1, 0.15) is 5.69 Å². The third-order valence-corrected chi connectivity index (χ3v) is 5.16. The molecule has 2 aromatic rings. The van der Waals surface area contributed by atoms with E-state index in [-0.39, 0.29) is 29.1 Å². The molecule has 1 saturated heterocycles. The van der Waals surface area contributed by atoms with Crippen molar-refractivity contribution in [1.82, 2.24) is 20.4 Å². The summed E-state index contributed by atoms with van der Waals surface area (Å²) in [5.74, 6) is -0.342. The maximum Gasteiger partial charge on any atom is 0.271 e. The number of rotatable bonds is 4. The number of nitrogens with zero attached hydrogens (tertiary/aromatic N) is 2. The summed E-state index contributed by atoms with van der Waals surface area (Å²) < 4.78 is 0. The van der Waals surface area contributed by atoms with Crippen LogP contribution in [-0.4, -0.2) is 46.0 Å². The molecule has 0 radical (unpaired) electrons. The summed E-state index contributed by atoms with van der Waals surface area (Å²) in [6.45, 7) is 1.07. The molecule has 0 bridgehead atoms. The van der Waals surface area contributed by atoms with Crippen molar-refractivity contribution in [3.8, 4) is 0 Å². The second-order valence-electron chi connectivity index (χ2n) is 6.79. The van der Waals surface area contributed by atoms with Crippen LogP contribution in [0.15, 0.2) is 35.1 Å². The first-order valence-electron chi connectivity index (χ1n) is 8.88. The zero-order chi connectivity index (χ0) is 18.1.